The highest BCUT2D eigenvalue weighted by molar-refractivity contribution is 14.0. The molecule has 0 bridgehead atoms. The number of nitrogens with one attached hydrogen (secondary N) is 1. The number of likely N-dealkylation sites (tertiary alicyclic amines) is 1. The molecule has 1 aliphatic rings. The molecule has 0 aliphatic carbocycles. The lowest BCUT2D eigenvalue weighted by Crippen LogP contribution is -2.44. The summed E-state index contributed by atoms with van der Waals surface area (Å²) in [6.07, 6.45) is 4.21. The summed E-state index contributed by atoms with van der Waals surface area (Å²) in [6.45, 7) is 9.62. The number of rotatable bonds is 7. The van der Waals surface area contributed by atoms with Crippen LogP contribution in [0.4, 0.5) is 0 Å². The topological polar surface area (TPSA) is 75.8 Å². The highest BCUT2D eigenvalue weighted by Crippen LogP contribution is 2.20. The van der Waals surface area contributed by atoms with Gasteiger partial charge in [0, 0.05) is 26.2 Å². The molecule has 1 saturated heterocycles. The summed E-state index contributed by atoms with van der Waals surface area (Å²) >= 11 is 0. The van der Waals surface area contributed by atoms with Crippen molar-refractivity contribution in [2.75, 3.05) is 26.2 Å². The van der Waals surface area contributed by atoms with Gasteiger partial charge in [0.2, 0.25) is 5.89 Å². The number of hydrogen-bond acceptors (Lipinski definition) is 5. The van der Waals surface area contributed by atoms with Gasteiger partial charge in [-0.3, -0.25) is 0 Å². The second-order valence-corrected chi connectivity index (χ2v) is 7.01. The van der Waals surface area contributed by atoms with E-state index in [0.29, 0.717) is 24.9 Å². The van der Waals surface area contributed by atoms with E-state index in [9.17, 15) is 0 Å². The number of nitrogens with zero attached hydrogens (tertiary/aromatic N) is 4. The Labute approximate surface area is 196 Å². The van der Waals surface area contributed by atoms with Crippen LogP contribution in [0.1, 0.15) is 57.0 Å². The Bertz CT molecular complexity index is 812. The highest BCUT2D eigenvalue weighted by atomic mass is 127. The fraction of sp³-hybridized carbons (Fsp3) is 0.500. The first kappa shape index (κ1) is 24.3. The van der Waals surface area contributed by atoms with Gasteiger partial charge in [-0.25, -0.2) is 4.99 Å². The lowest BCUT2D eigenvalue weighted by Gasteiger charge is -2.31. The van der Waals surface area contributed by atoms with Gasteiger partial charge in [-0.2, -0.15) is 4.98 Å². The van der Waals surface area contributed by atoms with Gasteiger partial charge >= 0.3 is 0 Å². The molecular weight excluding hydrogens is 493 g/mol. The molecule has 8 heteroatoms. The summed E-state index contributed by atoms with van der Waals surface area (Å²) in [5, 5.41) is 7.38. The molecule has 7 nitrogen and oxygen atoms in total. The van der Waals surface area contributed by atoms with Crippen molar-refractivity contribution in [3.8, 4) is 0 Å². The molecule has 0 spiro atoms. The Morgan fingerprint density at radius 1 is 1.27 bits per heavy atom. The van der Waals surface area contributed by atoms with E-state index < -0.39 is 0 Å². The lowest BCUT2D eigenvalue weighted by atomic mass is 10.0. The number of halogens is 1. The van der Waals surface area contributed by atoms with E-state index in [1.165, 1.54) is 11.1 Å². The molecule has 2 aromatic rings. The molecule has 30 heavy (non-hydrogen) atoms. The number of aliphatic imine (C=N–C) groups is 1. The maximum Gasteiger partial charge on any atom is 0.248 e. The van der Waals surface area contributed by atoms with Crippen molar-refractivity contribution >= 4 is 36.0 Å². The van der Waals surface area contributed by atoms with Crippen LogP contribution in [-0.4, -0.2) is 47.2 Å². The van der Waals surface area contributed by atoms with E-state index in [-0.39, 0.29) is 30.1 Å². The van der Waals surface area contributed by atoms with Crippen molar-refractivity contribution in [1.29, 1.82) is 0 Å². The van der Waals surface area contributed by atoms with Crippen LogP contribution in [-0.2, 0) is 11.3 Å². The highest BCUT2D eigenvalue weighted by Gasteiger charge is 2.18. The van der Waals surface area contributed by atoms with Gasteiger partial charge < -0.3 is 19.5 Å². The Morgan fingerprint density at radius 2 is 2.00 bits per heavy atom. The summed E-state index contributed by atoms with van der Waals surface area (Å²) in [6, 6.07) is 10.5. The van der Waals surface area contributed by atoms with Gasteiger partial charge in [0.05, 0.1) is 0 Å². The molecule has 1 aliphatic heterocycles. The minimum Gasteiger partial charge on any atom is -0.371 e. The lowest BCUT2D eigenvalue weighted by molar-refractivity contribution is 0.0683. The van der Waals surface area contributed by atoms with E-state index in [1.807, 2.05) is 19.9 Å². The minimum atomic E-state index is -0.174. The van der Waals surface area contributed by atoms with Crippen molar-refractivity contribution in [3.63, 3.8) is 0 Å². The van der Waals surface area contributed by atoms with Gasteiger partial charge in [0.25, 0.3) is 0 Å². The first-order valence-corrected chi connectivity index (χ1v) is 10.4. The predicted molar refractivity (Wildman–Crippen MR) is 130 cm³/mol. The van der Waals surface area contributed by atoms with Crippen LogP contribution in [0.3, 0.4) is 0 Å². The molecule has 1 aromatic heterocycles. The third kappa shape index (κ3) is 7.09. The minimum absolute atomic E-state index is 0. The maximum absolute atomic E-state index is 5.51. The third-order valence-corrected chi connectivity index (χ3v) is 4.84. The Morgan fingerprint density at radius 3 is 2.67 bits per heavy atom. The van der Waals surface area contributed by atoms with Crippen molar-refractivity contribution in [3.05, 3.63) is 53.2 Å². The summed E-state index contributed by atoms with van der Waals surface area (Å²) in [5.41, 5.74) is 2.75. The van der Waals surface area contributed by atoms with Crippen LogP contribution in [0, 0.1) is 0 Å². The quantitative estimate of drug-likeness (QED) is 0.328. The van der Waals surface area contributed by atoms with Crippen LogP contribution in [0.25, 0.3) is 6.08 Å². The molecule has 1 unspecified atom stereocenters. The number of piperidine rings is 1. The fourth-order valence-electron chi connectivity index (χ4n) is 3.33. The van der Waals surface area contributed by atoms with Gasteiger partial charge in [-0.05, 0) is 39.2 Å². The monoisotopic (exact) mass is 525 g/mol. The second-order valence-electron chi connectivity index (χ2n) is 7.01. The molecule has 2 heterocycles. The molecular formula is C22H32IN5O2. The summed E-state index contributed by atoms with van der Waals surface area (Å²) in [7, 11) is 0. The number of guanidine groups is 1. The average molecular weight is 525 g/mol. The first-order valence-electron chi connectivity index (χ1n) is 10.4. The molecule has 0 saturated carbocycles. The van der Waals surface area contributed by atoms with E-state index in [4.69, 9.17) is 14.3 Å². The van der Waals surface area contributed by atoms with Gasteiger partial charge in [0.15, 0.2) is 11.8 Å². The largest absolute Gasteiger partial charge is 0.371 e. The predicted octanol–water partition coefficient (Wildman–Crippen LogP) is 4.43. The molecule has 1 N–H and O–H groups in total. The zero-order valence-electron chi connectivity index (χ0n) is 18.0. The van der Waals surface area contributed by atoms with E-state index >= 15 is 0 Å². The van der Waals surface area contributed by atoms with Crippen LogP contribution in [0.2, 0.25) is 0 Å². The standard InChI is InChI=1S/C22H31N5O2.HI/c1-4-23-22(24-16-20-25-21(26-29-20)17(3)28-5-2)27-13-11-19(12-14-27)15-18-9-7-6-8-10-18;/h6-10,15,17H,4-5,11-14,16H2,1-3H3,(H,23,24);1H. The zero-order chi connectivity index (χ0) is 20.5. The first-order chi connectivity index (χ1) is 14.2. The Hall–Kier alpha value is -1.94. The van der Waals surface area contributed by atoms with Crippen molar-refractivity contribution in [2.24, 2.45) is 4.99 Å². The van der Waals surface area contributed by atoms with Crippen molar-refractivity contribution in [2.45, 2.75) is 46.3 Å². The molecule has 0 radical (unpaired) electrons. The molecule has 1 aromatic carbocycles. The van der Waals surface area contributed by atoms with Gasteiger partial charge in [0.1, 0.15) is 12.6 Å². The van der Waals surface area contributed by atoms with E-state index in [0.717, 1.165) is 38.4 Å². The Kier molecular flexibility index (Phi) is 10.3. The van der Waals surface area contributed by atoms with Crippen LogP contribution in [0.5, 0.6) is 0 Å². The maximum atomic E-state index is 5.51. The van der Waals surface area contributed by atoms with Crippen LogP contribution >= 0.6 is 24.0 Å². The number of ether oxygens (including phenoxy) is 1. The number of benzene rings is 1. The number of hydrogen-bond donors (Lipinski definition) is 1. The molecule has 3 rings (SSSR count). The normalized spacial score (nSPS) is 15.5. The average Bonchev–Trinajstić information content (AvgIpc) is 3.22. The second kappa shape index (κ2) is 12.7. The summed E-state index contributed by atoms with van der Waals surface area (Å²) in [5.74, 6) is 1.96. The fourth-order valence-corrected chi connectivity index (χ4v) is 3.33. The SMILES string of the molecule is CCNC(=NCc1nc(C(C)OCC)no1)N1CCC(=Cc2ccccc2)CC1.I. The van der Waals surface area contributed by atoms with Crippen molar-refractivity contribution in [1.82, 2.24) is 20.4 Å². The van der Waals surface area contributed by atoms with E-state index in [1.54, 1.807) is 0 Å². The van der Waals surface area contributed by atoms with Crippen LogP contribution in [0.15, 0.2) is 45.4 Å². The third-order valence-electron chi connectivity index (χ3n) is 4.84. The molecule has 1 fully saturated rings. The van der Waals surface area contributed by atoms with Crippen LogP contribution < -0.4 is 5.32 Å². The summed E-state index contributed by atoms with van der Waals surface area (Å²) < 4.78 is 10.8. The molecule has 164 valence electrons. The molecule has 1 atom stereocenters. The van der Waals surface area contributed by atoms with E-state index in [2.05, 4.69) is 57.6 Å². The number of aromatic nitrogens is 2. The molecule has 0 amide bonds. The van der Waals surface area contributed by atoms with Gasteiger partial charge in [-0.15, -0.1) is 24.0 Å². The van der Waals surface area contributed by atoms with Crippen molar-refractivity contribution < 1.29 is 9.26 Å². The van der Waals surface area contributed by atoms with Gasteiger partial charge in [-0.1, -0.05) is 47.1 Å². The Balaban J connectivity index is 0.00000320. The zero-order valence-corrected chi connectivity index (χ0v) is 20.3. The smallest absolute Gasteiger partial charge is 0.248 e. The summed E-state index contributed by atoms with van der Waals surface area (Å²) in [4.78, 5) is 11.4.